The minimum absolute atomic E-state index is 0.0468. The number of rotatable bonds is 3. The molecule has 2 aromatic rings. The van der Waals surface area contributed by atoms with Gasteiger partial charge in [-0.15, -0.1) is 0 Å². The Morgan fingerprint density at radius 3 is 1.97 bits per heavy atom. The second kappa shape index (κ2) is 7.97. The van der Waals surface area contributed by atoms with Crippen molar-refractivity contribution in [3.05, 3.63) is 62.5 Å². The summed E-state index contributed by atoms with van der Waals surface area (Å²) in [4.78, 5) is -0.299. The van der Waals surface area contributed by atoms with Crippen molar-refractivity contribution < 1.29 is 13.5 Å². The molecule has 29 heavy (non-hydrogen) atoms. The fourth-order valence-electron chi connectivity index (χ4n) is 2.97. The Hall–Kier alpha value is -2.10. The van der Waals surface area contributed by atoms with E-state index in [9.17, 15) is 18.8 Å². The maximum atomic E-state index is 13.0. The molecule has 6 heteroatoms. The van der Waals surface area contributed by atoms with E-state index < -0.39 is 9.84 Å². The molecular formula is C23H26BrNO3S. The van der Waals surface area contributed by atoms with E-state index in [1.54, 1.807) is 24.3 Å². The van der Waals surface area contributed by atoms with Gasteiger partial charge in [-0.25, -0.2) is 8.42 Å². The van der Waals surface area contributed by atoms with Crippen LogP contribution in [0.15, 0.2) is 50.7 Å². The van der Waals surface area contributed by atoms with E-state index in [0.717, 1.165) is 0 Å². The van der Waals surface area contributed by atoms with E-state index in [0.29, 0.717) is 21.2 Å². The fourth-order valence-corrected chi connectivity index (χ4v) is 4.72. The van der Waals surface area contributed by atoms with Crippen LogP contribution in [0.5, 0.6) is 5.75 Å². The zero-order valence-corrected chi connectivity index (χ0v) is 19.9. The van der Waals surface area contributed by atoms with Crippen molar-refractivity contribution in [1.82, 2.24) is 0 Å². The summed E-state index contributed by atoms with van der Waals surface area (Å²) >= 11 is 3.27. The number of phenolic OH excluding ortho intramolecular Hbond substituents is 1. The topological polar surface area (TPSA) is 78.2 Å². The molecular weight excluding hydrogens is 450 g/mol. The first-order valence-corrected chi connectivity index (χ1v) is 11.5. The maximum Gasteiger partial charge on any atom is 0.216 e. The Bertz CT molecular complexity index is 1080. The lowest BCUT2D eigenvalue weighted by molar-refractivity contribution is 0.423. The van der Waals surface area contributed by atoms with Crippen molar-refractivity contribution in [2.45, 2.75) is 57.3 Å². The summed E-state index contributed by atoms with van der Waals surface area (Å²) in [6.45, 7) is 11.9. The van der Waals surface area contributed by atoms with Crippen LogP contribution in [0.2, 0.25) is 0 Å². The van der Waals surface area contributed by atoms with Gasteiger partial charge in [-0.3, -0.25) is 0 Å². The van der Waals surface area contributed by atoms with E-state index in [1.807, 2.05) is 47.6 Å². The van der Waals surface area contributed by atoms with E-state index in [1.165, 1.54) is 18.2 Å². The summed E-state index contributed by atoms with van der Waals surface area (Å²) in [5.74, 6) is 0.204. The standard InChI is InChI=1S/C23H26BrNO3S/c1-22(2,3)19-11-15(12-20(21(19)26)23(4,5)6)10-18(14-25)29(27,28)17-9-7-8-16(24)13-17/h7-13,26H,1-6H3/b18-10-. The summed E-state index contributed by atoms with van der Waals surface area (Å²) in [6.07, 6.45) is 1.38. The molecule has 154 valence electrons. The van der Waals surface area contributed by atoms with Gasteiger partial charge in [-0.1, -0.05) is 63.5 Å². The van der Waals surface area contributed by atoms with Crippen molar-refractivity contribution in [3.63, 3.8) is 0 Å². The van der Waals surface area contributed by atoms with Crippen molar-refractivity contribution in [2.75, 3.05) is 0 Å². The molecule has 0 aromatic heterocycles. The number of benzene rings is 2. The van der Waals surface area contributed by atoms with Gasteiger partial charge in [0.25, 0.3) is 0 Å². The van der Waals surface area contributed by atoms with Crippen molar-refractivity contribution in [2.24, 2.45) is 0 Å². The number of sulfone groups is 1. The van der Waals surface area contributed by atoms with Crippen LogP contribution in [-0.4, -0.2) is 13.5 Å². The number of aromatic hydroxyl groups is 1. The highest BCUT2D eigenvalue weighted by molar-refractivity contribution is 9.10. The third-order valence-corrected chi connectivity index (χ3v) is 6.71. The van der Waals surface area contributed by atoms with Crippen LogP contribution >= 0.6 is 15.9 Å². The van der Waals surface area contributed by atoms with E-state index in [4.69, 9.17) is 0 Å². The molecule has 0 aliphatic rings. The highest BCUT2D eigenvalue weighted by Gasteiger charge is 2.27. The summed E-state index contributed by atoms with van der Waals surface area (Å²) in [5.41, 5.74) is 1.25. The Labute approximate surface area is 181 Å². The minimum atomic E-state index is -3.97. The zero-order chi connectivity index (χ0) is 22.2. The average Bonchev–Trinajstić information content (AvgIpc) is 2.58. The summed E-state index contributed by atoms with van der Waals surface area (Å²) < 4.78 is 26.6. The largest absolute Gasteiger partial charge is 0.507 e. The van der Waals surface area contributed by atoms with Gasteiger partial charge in [0, 0.05) is 15.6 Å². The summed E-state index contributed by atoms with van der Waals surface area (Å²) in [6, 6.07) is 11.6. The van der Waals surface area contributed by atoms with Gasteiger partial charge >= 0.3 is 0 Å². The predicted molar refractivity (Wildman–Crippen MR) is 120 cm³/mol. The lowest BCUT2D eigenvalue weighted by Gasteiger charge is -2.28. The highest BCUT2D eigenvalue weighted by atomic mass is 79.9. The number of phenols is 1. The molecule has 0 spiro atoms. The molecule has 0 aliphatic carbocycles. The molecule has 0 radical (unpaired) electrons. The van der Waals surface area contributed by atoms with Gasteiger partial charge in [0.15, 0.2) is 0 Å². The maximum absolute atomic E-state index is 13.0. The Balaban J connectivity index is 2.76. The van der Waals surface area contributed by atoms with Crippen LogP contribution < -0.4 is 0 Å². The smallest absolute Gasteiger partial charge is 0.216 e. The normalized spacial score (nSPS) is 13.2. The van der Waals surface area contributed by atoms with Crippen molar-refractivity contribution in [3.8, 4) is 11.8 Å². The van der Waals surface area contributed by atoms with Crippen molar-refractivity contribution in [1.29, 1.82) is 5.26 Å². The molecule has 0 saturated carbocycles. The second-order valence-corrected chi connectivity index (χ2v) is 11.9. The highest BCUT2D eigenvalue weighted by Crippen LogP contribution is 2.40. The molecule has 0 atom stereocenters. The third kappa shape index (κ3) is 5.09. The monoisotopic (exact) mass is 475 g/mol. The molecule has 0 unspecified atom stereocenters. The van der Waals surface area contributed by atoms with Gasteiger partial charge in [0.1, 0.15) is 16.7 Å². The van der Waals surface area contributed by atoms with Gasteiger partial charge in [-0.05, 0) is 52.8 Å². The molecule has 0 heterocycles. The number of nitriles is 1. The van der Waals surface area contributed by atoms with E-state index in [-0.39, 0.29) is 26.4 Å². The number of allylic oxidation sites excluding steroid dienone is 1. The Morgan fingerprint density at radius 1 is 1.03 bits per heavy atom. The van der Waals surface area contributed by atoms with Crippen LogP contribution in [-0.2, 0) is 20.7 Å². The third-order valence-electron chi connectivity index (χ3n) is 4.55. The molecule has 4 nitrogen and oxygen atoms in total. The lowest BCUT2D eigenvalue weighted by atomic mass is 9.78. The van der Waals surface area contributed by atoms with Gasteiger partial charge in [-0.2, -0.15) is 5.26 Å². The van der Waals surface area contributed by atoms with Gasteiger partial charge < -0.3 is 5.11 Å². The minimum Gasteiger partial charge on any atom is -0.507 e. The van der Waals surface area contributed by atoms with Crippen LogP contribution in [0.25, 0.3) is 6.08 Å². The number of hydrogen-bond acceptors (Lipinski definition) is 4. The molecule has 0 bridgehead atoms. The molecule has 0 aliphatic heterocycles. The van der Waals surface area contributed by atoms with Crippen LogP contribution in [0.3, 0.4) is 0 Å². The fraction of sp³-hybridized carbons (Fsp3) is 0.348. The van der Waals surface area contributed by atoms with Crippen molar-refractivity contribution >= 4 is 31.8 Å². The van der Waals surface area contributed by atoms with Gasteiger partial charge in [0.2, 0.25) is 9.84 Å². The molecule has 2 rings (SSSR count). The summed E-state index contributed by atoms with van der Waals surface area (Å²) in [7, 11) is -3.97. The first-order valence-electron chi connectivity index (χ1n) is 9.18. The molecule has 0 amide bonds. The van der Waals surface area contributed by atoms with E-state index in [2.05, 4.69) is 15.9 Å². The second-order valence-electron chi connectivity index (χ2n) is 9.05. The number of nitrogens with zero attached hydrogens (tertiary/aromatic N) is 1. The first-order chi connectivity index (χ1) is 13.2. The summed E-state index contributed by atoms with van der Waals surface area (Å²) in [5, 5.41) is 20.4. The number of halogens is 1. The Morgan fingerprint density at radius 2 is 1.55 bits per heavy atom. The average molecular weight is 476 g/mol. The molecule has 1 N–H and O–H groups in total. The molecule has 2 aromatic carbocycles. The quantitative estimate of drug-likeness (QED) is 0.544. The Kier molecular flexibility index (Phi) is 6.37. The lowest BCUT2D eigenvalue weighted by Crippen LogP contribution is -2.17. The molecule has 0 saturated heterocycles. The van der Waals surface area contributed by atoms with E-state index >= 15 is 0 Å². The van der Waals surface area contributed by atoms with Crippen LogP contribution in [0, 0.1) is 11.3 Å². The SMILES string of the molecule is CC(C)(C)c1cc(/C=C(/C#N)S(=O)(=O)c2cccc(Br)c2)cc(C(C)(C)C)c1O. The zero-order valence-electron chi connectivity index (χ0n) is 17.5. The van der Waals surface area contributed by atoms with Crippen LogP contribution in [0.1, 0.15) is 58.2 Å². The van der Waals surface area contributed by atoms with Crippen LogP contribution in [0.4, 0.5) is 0 Å². The van der Waals surface area contributed by atoms with Gasteiger partial charge in [0.05, 0.1) is 4.90 Å². The molecule has 0 fully saturated rings. The first kappa shape index (κ1) is 23.2. The number of hydrogen-bond donors (Lipinski definition) is 1. The predicted octanol–water partition coefficient (Wildman–Crippen LogP) is 6.09.